The van der Waals surface area contributed by atoms with Gasteiger partial charge in [0.15, 0.2) is 0 Å². The Morgan fingerprint density at radius 1 is 1.32 bits per heavy atom. The van der Waals surface area contributed by atoms with E-state index in [4.69, 9.17) is 16.2 Å². The Kier molecular flexibility index (Phi) is 5.79. The highest BCUT2D eigenvalue weighted by atomic mass is 32.2. The minimum atomic E-state index is -0.0734. The molecule has 0 aliphatic carbocycles. The summed E-state index contributed by atoms with van der Waals surface area (Å²) in [4.78, 5) is 4.29. The number of aromatic nitrogens is 1. The van der Waals surface area contributed by atoms with Crippen LogP contribution in [0.1, 0.15) is 11.1 Å². The number of methoxy groups -OCH3 is 1. The third-order valence-corrected chi connectivity index (χ3v) is 3.69. The molecule has 1 heterocycles. The largest absolute Gasteiger partial charge is 0.496 e. The Labute approximate surface area is 133 Å². The van der Waals surface area contributed by atoms with Gasteiger partial charge in [0.25, 0.3) is 0 Å². The van der Waals surface area contributed by atoms with Gasteiger partial charge < -0.3 is 16.2 Å². The van der Waals surface area contributed by atoms with Crippen molar-refractivity contribution in [2.45, 2.75) is 10.8 Å². The number of rotatable bonds is 6. The molecule has 2 aromatic rings. The molecule has 0 aliphatic rings. The molecule has 1 aromatic heterocycles. The SMILES string of the molecule is COc1ccc(C=NN=C(N)N)cc1CSc1ccccn1. The third kappa shape index (κ3) is 4.78. The molecule has 0 aliphatic heterocycles. The van der Waals surface area contributed by atoms with E-state index in [9.17, 15) is 0 Å². The fraction of sp³-hybridized carbons (Fsp3) is 0.133. The summed E-state index contributed by atoms with van der Waals surface area (Å²) in [6.45, 7) is 0. The first kappa shape index (κ1) is 15.8. The highest BCUT2D eigenvalue weighted by Crippen LogP contribution is 2.27. The van der Waals surface area contributed by atoms with Gasteiger partial charge in [-0.1, -0.05) is 6.07 Å². The number of hydrogen-bond donors (Lipinski definition) is 2. The van der Waals surface area contributed by atoms with Crippen LogP contribution in [0.3, 0.4) is 0 Å². The van der Waals surface area contributed by atoms with E-state index in [1.807, 2.05) is 36.4 Å². The summed E-state index contributed by atoms with van der Waals surface area (Å²) in [5, 5.41) is 8.35. The molecule has 6 nitrogen and oxygen atoms in total. The predicted octanol–water partition coefficient (Wildman–Crippen LogP) is 1.99. The van der Waals surface area contributed by atoms with Gasteiger partial charge in [-0.15, -0.1) is 16.9 Å². The minimum Gasteiger partial charge on any atom is -0.496 e. The molecule has 7 heteroatoms. The van der Waals surface area contributed by atoms with E-state index < -0.39 is 0 Å². The van der Waals surface area contributed by atoms with Crippen molar-refractivity contribution < 1.29 is 4.74 Å². The first-order chi connectivity index (χ1) is 10.7. The molecule has 0 fully saturated rings. The van der Waals surface area contributed by atoms with Crippen LogP contribution in [0.5, 0.6) is 5.75 Å². The number of nitrogens with zero attached hydrogens (tertiary/aromatic N) is 3. The van der Waals surface area contributed by atoms with E-state index in [1.54, 1.807) is 31.3 Å². The number of hydrogen-bond acceptors (Lipinski definition) is 5. The molecular formula is C15H17N5OS. The monoisotopic (exact) mass is 315 g/mol. The molecule has 0 saturated heterocycles. The van der Waals surface area contributed by atoms with Crippen molar-refractivity contribution in [1.29, 1.82) is 0 Å². The molecule has 0 atom stereocenters. The van der Waals surface area contributed by atoms with Gasteiger partial charge in [0, 0.05) is 17.5 Å². The Bertz CT molecular complexity index is 669. The summed E-state index contributed by atoms with van der Waals surface area (Å²) in [7, 11) is 1.65. The van der Waals surface area contributed by atoms with Crippen LogP contribution >= 0.6 is 11.8 Å². The van der Waals surface area contributed by atoms with Gasteiger partial charge in [-0.05, 0) is 35.9 Å². The second kappa shape index (κ2) is 8.04. The van der Waals surface area contributed by atoms with Crippen molar-refractivity contribution in [3.8, 4) is 5.75 Å². The van der Waals surface area contributed by atoms with Crippen molar-refractivity contribution in [3.05, 3.63) is 53.7 Å². The number of nitrogens with two attached hydrogens (primary N) is 2. The summed E-state index contributed by atoms with van der Waals surface area (Å²) < 4.78 is 5.39. The van der Waals surface area contributed by atoms with Crippen LogP contribution in [0, 0.1) is 0 Å². The molecule has 4 N–H and O–H groups in total. The highest BCUT2D eigenvalue weighted by molar-refractivity contribution is 7.98. The van der Waals surface area contributed by atoms with Crippen LogP contribution < -0.4 is 16.2 Å². The lowest BCUT2D eigenvalue weighted by atomic mass is 10.1. The molecular weight excluding hydrogens is 298 g/mol. The molecule has 114 valence electrons. The van der Waals surface area contributed by atoms with Crippen LogP contribution in [0.25, 0.3) is 0 Å². The lowest BCUT2D eigenvalue weighted by molar-refractivity contribution is 0.411. The van der Waals surface area contributed by atoms with E-state index in [1.165, 1.54) is 0 Å². The van der Waals surface area contributed by atoms with E-state index in [0.717, 1.165) is 27.7 Å². The van der Waals surface area contributed by atoms with Gasteiger partial charge in [0.05, 0.1) is 18.4 Å². The first-order valence-electron chi connectivity index (χ1n) is 6.52. The van der Waals surface area contributed by atoms with Crippen molar-refractivity contribution in [3.63, 3.8) is 0 Å². The highest BCUT2D eigenvalue weighted by Gasteiger charge is 2.05. The van der Waals surface area contributed by atoms with Crippen molar-refractivity contribution in [1.82, 2.24) is 4.98 Å². The van der Waals surface area contributed by atoms with Gasteiger partial charge in [-0.2, -0.15) is 5.10 Å². The van der Waals surface area contributed by atoms with Gasteiger partial charge in [0.1, 0.15) is 5.75 Å². The fourth-order valence-electron chi connectivity index (χ4n) is 1.74. The Morgan fingerprint density at radius 2 is 2.18 bits per heavy atom. The van der Waals surface area contributed by atoms with Gasteiger partial charge >= 0.3 is 0 Å². The summed E-state index contributed by atoms with van der Waals surface area (Å²) in [6.07, 6.45) is 3.37. The summed E-state index contributed by atoms with van der Waals surface area (Å²) in [5.74, 6) is 1.49. The minimum absolute atomic E-state index is 0.0734. The first-order valence-corrected chi connectivity index (χ1v) is 7.50. The lowest BCUT2D eigenvalue weighted by Crippen LogP contribution is -2.21. The maximum Gasteiger partial charge on any atom is 0.211 e. The van der Waals surface area contributed by atoms with Crippen molar-refractivity contribution in [2.24, 2.45) is 21.7 Å². The number of benzene rings is 1. The number of guanidine groups is 1. The normalized spacial score (nSPS) is 10.6. The molecule has 0 radical (unpaired) electrons. The van der Waals surface area contributed by atoms with E-state index in [-0.39, 0.29) is 5.96 Å². The molecule has 0 bridgehead atoms. The van der Waals surface area contributed by atoms with Gasteiger partial charge in [-0.25, -0.2) is 4.98 Å². The second-order valence-electron chi connectivity index (χ2n) is 4.30. The van der Waals surface area contributed by atoms with Crippen LogP contribution in [-0.2, 0) is 5.75 Å². The van der Waals surface area contributed by atoms with E-state index >= 15 is 0 Å². The number of pyridine rings is 1. The van der Waals surface area contributed by atoms with Crippen molar-refractivity contribution >= 4 is 23.9 Å². The number of thioether (sulfide) groups is 1. The quantitative estimate of drug-likeness (QED) is 0.367. The van der Waals surface area contributed by atoms with Crippen LogP contribution in [0.2, 0.25) is 0 Å². The lowest BCUT2D eigenvalue weighted by Gasteiger charge is -2.09. The Balaban J connectivity index is 2.14. The zero-order valence-electron chi connectivity index (χ0n) is 12.1. The van der Waals surface area contributed by atoms with Gasteiger partial charge in [0.2, 0.25) is 5.96 Å². The standard InChI is InChI=1S/C15H17N5OS/c1-21-13-6-5-11(9-19-20-15(16)17)8-12(13)10-22-14-4-2-3-7-18-14/h2-9H,10H2,1H3,(H4,16,17,20). The van der Waals surface area contributed by atoms with Crippen LogP contribution in [0.15, 0.2) is 57.8 Å². The maximum absolute atomic E-state index is 5.39. The molecule has 0 unspecified atom stereocenters. The summed E-state index contributed by atoms with van der Waals surface area (Å²) >= 11 is 1.64. The maximum atomic E-state index is 5.39. The van der Waals surface area contributed by atoms with E-state index in [0.29, 0.717) is 0 Å². The van der Waals surface area contributed by atoms with Crippen molar-refractivity contribution in [2.75, 3.05) is 7.11 Å². The van der Waals surface area contributed by atoms with E-state index in [2.05, 4.69) is 15.2 Å². The smallest absolute Gasteiger partial charge is 0.211 e. The molecule has 0 amide bonds. The molecule has 0 spiro atoms. The summed E-state index contributed by atoms with van der Waals surface area (Å²) in [6, 6.07) is 11.6. The second-order valence-corrected chi connectivity index (χ2v) is 5.29. The molecule has 2 rings (SSSR count). The average molecular weight is 315 g/mol. The third-order valence-electron chi connectivity index (χ3n) is 2.70. The van der Waals surface area contributed by atoms with Crippen LogP contribution in [0.4, 0.5) is 0 Å². The summed E-state index contributed by atoms with van der Waals surface area (Å²) in [5.41, 5.74) is 12.4. The molecule has 0 saturated carbocycles. The van der Waals surface area contributed by atoms with Gasteiger partial charge in [-0.3, -0.25) is 0 Å². The zero-order valence-corrected chi connectivity index (χ0v) is 13.0. The topological polar surface area (TPSA) is 98.9 Å². The van der Waals surface area contributed by atoms with Crippen LogP contribution in [-0.4, -0.2) is 24.3 Å². The average Bonchev–Trinajstić information content (AvgIpc) is 2.54. The predicted molar refractivity (Wildman–Crippen MR) is 90.2 cm³/mol. The fourth-order valence-corrected chi connectivity index (χ4v) is 2.58. The molecule has 1 aromatic carbocycles. The Morgan fingerprint density at radius 3 is 2.86 bits per heavy atom. The Hall–Kier alpha value is -2.54. The number of ether oxygens (including phenoxy) is 1. The molecule has 22 heavy (non-hydrogen) atoms. The zero-order chi connectivity index (χ0) is 15.8.